The lowest BCUT2D eigenvalue weighted by Crippen LogP contribution is -2.48. The third-order valence-corrected chi connectivity index (χ3v) is 14.9. The van der Waals surface area contributed by atoms with Gasteiger partial charge in [-0.2, -0.15) is 0 Å². The van der Waals surface area contributed by atoms with Crippen molar-refractivity contribution in [1.29, 1.82) is 0 Å². The second kappa shape index (κ2) is 14.5. The van der Waals surface area contributed by atoms with Crippen LogP contribution in [0, 0.1) is 29.6 Å². The summed E-state index contributed by atoms with van der Waals surface area (Å²) in [5.74, 6) is -2.13. The van der Waals surface area contributed by atoms with Crippen LogP contribution in [0.3, 0.4) is 0 Å². The average molecular weight is 796 g/mol. The quantitative estimate of drug-likeness (QED) is 0.242. The first-order chi connectivity index (χ1) is 25.8. The molecule has 1 aromatic carbocycles. The molecule has 2 amide bonds. The van der Waals surface area contributed by atoms with Crippen molar-refractivity contribution < 1.29 is 37.1 Å². The van der Waals surface area contributed by atoms with Crippen molar-refractivity contribution in [2.45, 2.75) is 134 Å². The fourth-order valence-corrected chi connectivity index (χ4v) is 10.2. The van der Waals surface area contributed by atoms with Gasteiger partial charge in [-0.3, -0.25) is 23.9 Å². The molecule has 2 saturated carbocycles. The lowest BCUT2D eigenvalue weighted by molar-refractivity contribution is -0.152. The summed E-state index contributed by atoms with van der Waals surface area (Å²) >= 11 is 6.40. The third-order valence-electron chi connectivity index (χ3n) is 12.5. The number of aryl methyl sites for hydroxylation is 2. The van der Waals surface area contributed by atoms with Crippen LogP contribution in [0.4, 0.5) is 0 Å². The van der Waals surface area contributed by atoms with E-state index < -0.39 is 49.6 Å². The number of hydrogen-bond acceptors (Lipinski definition) is 9. The molecule has 1 saturated heterocycles. The zero-order valence-electron chi connectivity index (χ0n) is 32.7. The van der Waals surface area contributed by atoms with Crippen LogP contribution < -0.4 is 9.46 Å². The first-order valence-corrected chi connectivity index (χ1v) is 21.7. The maximum Gasteiger partial charge on any atom is 0.306 e. The molecule has 0 bridgehead atoms. The Balaban J connectivity index is 1.22. The summed E-state index contributed by atoms with van der Waals surface area (Å²) in [6.45, 7) is 9.76. The highest BCUT2D eigenvalue weighted by Gasteiger charge is 2.63. The van der Waals surface area contributed by atoms with Gasteiger partial charge in [-0.1, -0.05) is 57.4 Å². The molecule has 55 heavy (non-hydrogen) atoms. The molecule has 1 N–H and O–H groups in total. The summed E-state index contributed by atoms with van der Waals surface area (Å²) in [6.07, 6.45) is 9.84. The van der Waals surface area contributed by atoms with Crippen LogP contribution in [-0.4, -0.2) is 71.4 Å². The van der Waals surface area contributed by atoms with E-state index >= 15 is 0 Å². The first-order valence-electron chi connectivity index (χ1n) is 19.8. The predicted octanol–water partition coefficient (Wildman–Crippen LogP) is 6.94. The highest BCUT2D eigenvalue weighted by atomic mass is 35.5. The lowest BCUT2D eigenvalue weighted by atomic mass is 9.85. The number of ketones is 1. The molecular formula is C42H54ClN3O8S. The van der Waals surface area contributed by atoms with Crippen molar-refractivity contribution in [3.8, 4) is 5.75 Å². The van der Waals surface area contributed by atoms with E-state index in [2.05, 4.69) is 4.72 Å². The molecule has 0 radical (unpaired) electrons. The number of esters is 1. The Morgan fingerprint density at radius 2 is 1.87 bits per heavy atom. The Bertz CT molecular complexity index is 2060. The number of carbonyl (C=O) groups is 4. The van der Waals surface area contributed by atoms with Crippen molar-refractivity contribution in [2.75, 3.05) is 13.2 Å². The molecule has 0 unspecified atom stereocenters. The average Bonchev–Trinajstić information content (AvgIpc) is 4.01. The Kier molecular flexibility index (Phi) is 10.4. The fraction of sp³-hybridized carbons (Fsp3) is 0.643. The van der Waals surface area contributed by atoms with Crippen molar-refractivity contribution in [1.82, 2.24) is 14.6 Å². The zero-order valence-corrected chi connectivity index (χ0v) is 34.2. The Hall–Kier alpha value is -3.51. The summed E-state index contributed by atoms with van der Waals surface area (Å²) in [5, 5.41) is 1.48. The first kappa shape index (κ1) is 39.7. The summed E-state index contributed by atoms with van der Waals surface area (Å²) in [6, 6.07) is 4.63. The number of aromatic nitrogens is 1. The minimum absolute atomic E-state index is 0.107. The molecule has 13 heteroatoms. The van der Waals surface area contributed by atoms with E-state index in [-0.39, 0.29) is 55.4 Å². The minimum Gasteiger partial charge on any atom is -0.483 e. The van der Waals surface area contributed by atoms with Gasteiger partial charge in [-0.15, -0.1) is 0 Å². The molecule has 3 fully saturated rings. The number of nitrogens with one attached hydrogen (secondary N) is 1. The number of allylic oxidation sites excluding steroid dienone is 2. The van der Waals surface area contributed by atoms with Gasteiger partial charge in [0.15, 0.2) is 5.78 Å². The van der Waals surface area contributed by atoms with Crippen LogP contribution in [0.1, 0.15) is 116 Å². The van der Waals surface area contributed by atoms with E-state index in [9.17, 15) is 27.6 Å². The molecule has 4 heterocycles. The highest BCUT2D eigenvalue weighted by molar-refractivity contribution is 7.91. The number of nitrogens with zero attached hydrogens (tertiary/aromatic N) is 2. The number of halogens is 1. The van der Waals surface area contributed by atoms with Crippen molar-refractivity contribution in [3.63, 3.8) is 0 Å². The number of pyridine rings is 1. The summed E-state index contributed by atoms with van der Waals surface area (Å²) < 4.78 is 40.4. The number of sulfonamides is 1. The van der Waals surface area contributed by atoms with Crippen LogP contribution in [0.5, 0.6) is 5.75 Å². The Labute approximate surface area is 329 Å². The van der Waals surface area contributed by atoms with E-state index in [1.165, 1.54) is 0 Å². The molecule has 2 aliphatic carbocycles. The van der Waals surface area contributed by atoms with E-state index in [1.54, 1.807) is 17.9 Å². The monoisotopic (exact) mass is 795 g/mol. The predicted molar refractivity (Wildman–Crippen MR) is 209 cm³/mol. The summed E-state index contributed by atoms with van der Waals surface area (Å²) in [4.78, 5) is 63.2. The zero-order chi connectivity index (χ0) is 39.6. The number of rotatable bonds is 6. The molecule has 5 aliphatic rings. The SMILES string of the molecule is Cc1nc2ccc(Cl)cc2c2c1O[C@]1(CC2)C[C@H]2C(=O)C[C@]3(C(=O)NS(=O)(=O)C4(C)CC4)C[C@H]3/C=C\CCCCC[C@H](CC(=O)OCC(C)(C)C)C(=O)N2C1. The van der Waals surface area contributed by atoms with Gasteiger partial charge in [0.25, 0.3) is 0 Å². The standard InChI is InChI=1S/C42H54ClN3O8S/c1-26-36-30(31-20-29(43)13-14-32(31)44-26)15-16-41(54-36)22-33-34(47)23-42(38(50)45-55(51,52)40(5)17-18-40)21-28(42)12-10-8-6-7-9-11-27(37(49)46(33)24-41)19-35(48)53-25-39(2,3)4/h10,12-14,20,27-28,33H,6-9,11,15-19,21-25H2,1-5H3,(H,45,50)/b12-10-/t27-,28-,33+,41-,42-/m1/s1. The Morgan fingerprint density at radius 1 is 1.11 bits per heavy atom. The van der Waals surface area contributed by atoms with E-state index in [0.29, 0.717) is 61.4 Å². The van der Waals surface area contributed by atoms with Gasteiger partial charge in [0.05, 0.1) is 47.0 Å². The van der Waals surface area contributed by atoms with Gasteiger partial charge in [-0.05, 0) is 94.7 Å². The smallest absolute Gasteiger partial charge is 0.306 e. The van der Waals surface area contributed by atoms with Crippen LogP contribution in [0.15, 0.2) is 30.4 Å². The molecule has 2 aromatic rings. The van der Waals surface area contributed by atoms with Crippen LogP contribution in [0.25, 0.3) is 10.9 Å². The number of fused-ring (bicyclic) bond motifs is 5. The largest absolute Gasteiger partial charge is 0.483 e. The lowest BCUT2D eigenvalue weighted by Gasteiger charge is -2.36. The van der Waals surface area contributed by atoms with Gasteiger partial charge in [0.1, 0.15) is 11.4 Å². The molecule has 11 nitrogen and oxygen atoms in total. The van der Waals surface area contributed by atoms with Crippen LogP contribution >= 0.6 is 11.6 Å². The summed E-state index contributed by atoms with van der Waals surface area (Å²) in [7, 11) is -3.94. The second-order valence-electron chi connectivity index (χ2n) is 18.3. The molecule has 1 aromatic heterocycles. The number of amides is 2. The van der Waals surface area contributed by atoms with Crippen LogP contribution in [-0.2, 0) is 40.4 Å². The highest BCUT2D eigenvalue weighted by Crippen LogP contribution is 2.58. The van der Waals surface area contributed by atoms with E-state index in [1.807, 2.05) is 52.0 Å². The van der Waals surface area contributed by atoms with Crippen LogP contribution in [0.2, 0.25) is 5.02 Å². The molecule has 7 rings (SSSR count). The Morgan fingerprint density at radius 3 is 2.60 bits per heavy atom. The minimum atomic E-state index is -3.94. The van der Waals surface area contributed by atoms with Gasteiger partial charge in [0, 0.05) is 34.7 Å². The normalized spacial score (nSPS) is 29.9. The van der Waals surface area contributed by atoms with Crippen molar-refractivity contribution in [2.24, 2.45) is 22.7 Å². The topological polar surface area (TPSA) is 149 Å². The number of benzene rings is 1. The number of ether oxygens (including phenoxy) is 2. The summed E-state index contributed by atoms with van der Waals surface area (Å²) in [5.41, 5.74) is 0.0633. The third kappa shape index (κ3) is 8.04. The number of Topliss-reactive ketones (excluding diaryl/α,β-unsaturated/α-hetero) is 1. The number of hydrogen-bond donors (Lipinski definition) is 1. The molecule has 3 aliphatic heterocycles. The van der Waals surface area contributed by atoms with Gasteiger partial charge in [-0.25, -0.2) is 13.4 Å². The molecule has 298 valence electrons. The van der Waals surface area contributed by atoms with E-state index in [0.717, 1.165) is 35.7 Å². The fourth-order valence-electron chi connectivity index (χ4n) is 8.69. The maximum atomic E-state index is 14.8. The number of carbonyl (C=O) groups excluding carboxylic acids is 4. The van der Waals surface area contributed by atoms with Crippen molar-refractivity contribution in [3.05, 3.63) is 46.6 Å². The van der Waals surface area contributed by atoms with Gasteiger partial charge >= 0.3 is 5.97 Å². The second-order valence-corrected chi connectivity index (χ2v) is 21.0. The molecule has 1 spiro atoms. The van der Waals surface area contributed by atoms with Crippen molar-refractivity contribution >= 4 is 56.1 Å². The molecular weight excluding hydrogens is 742 g/mol. The molecule has 5 atom stereocenters. The maximum absolute atomic E-state index is 14.8. The van der Waals surface area contributed by atoms with E-state index in [4.69, 9.17) is 26.1 Å². The van der Waals surface area contributed by atoms with Gasteiger partial charge < -0.3 is 14.4 Å². The van der Waals surface area contributed by atoms with Gasteiger partial charge in [0.2, 0.25) is 21.8 Å².